The Morgan fingerprint density at radius 2 is 2.10 bits per heavy atom. The van der Waals surface area contributed by atoms with Gasteiger partial charge >= 0.3 is 0 Å². The first-order valence-corrected chi connectivity index (χ1v) is 8.20. The monoisotopic (exact) mass is 300 g/mol. The highest BCUT2D eigenvalue weighted by atomic mass is 32.2. The molecule has 7 heteroatoms. The molecule has 1 rings (SSSR count). The van der Waals surface area contributed by atoms with Crippen LogP contribution in [-0.4, -0.2) is 32.4 Å². The lowest BCUT2D eigenvalue weighted by Crippen LogP contribution is -2.31. The Hall–Kier alpha value is -1.60. The van der Waals surface area contributed by atoms with Gasteiger partial charge in [0.1, 0.15) is 11.0 Å². The van der Waals surface area contributed by atoms with E-state index >= 15 is 0 Å². The fourth-order valence-corrected chi connectivity index (χ4v) is 2.00. The number of nitrogens with one attached hydrogen (secondary N) is 1. The van der Waals surface area contributed by atoms with E-state index in [1.807, 2.05) is 6.92 Å². The number of sulfone groups is 1. The number of ether oxygens (including phenoxy) is 1. The first-order chi connectivity index (χ1) is 9.29. The van der Waals surface area contributed by atoms with Gasteiger partial charge in [-0.25, -0.2) is 8.42 Å². The van der Waals surface area contributed by atoms with Crippen molar-refractivity contribution in [2.45, 2.75) is 25.6 Å². The molecule has 0 aliphatic rings. The van der Waals surface area contributed by atoms with E-state index in [4.69, 9.17) is 10.5 Å². The lowest BCUT2D eigenvalue weighted by Gasteiger charge is -2.13. The first-order valence-electron chi connectivity index (χ1n) is 6.25. The molecule has 0 aliphatic carbocycles. The number of nitrogens with two attached hydrogens (primary N) is 1. The third-order valence-corrected chi connectivity index (χ3v) is 4.36. The van der Waals surface area contributed by atoms with Gasteiger partial charge in [0.25, 0.3) is 0 Å². The van der Waals surface area contributed by atoms with Crippen LogP contribution in [0, 0.1) is 0 Å². The largest absolute Gasteiger partial charge is 0.494 e. The summed E-state index contributed by atoms with van der Waals surface area (Å²) in [6.07, 6.45) is 1.03. The number of anilines is 1. The number of amides is 1. The van der Waals surface area contributed by atoms with Gasteiger partial charge in [0.15, 0.2) is 9.84 Å². The van der Waals surface area contributed by atoms with E-state index in [9.17, 15) is 13.2 Å². The second-order valence-electron chi connectivity index (χ2n) is 4.42. The minimum Gasteiger partial charge on any atom is -0.494 e. The molecule has 0 spiro atoms. The fraction of sp³-hybridized carbons (Fsp3) is 0.462. The zero-order chi connectivity index (χ0) is 15.3. The van der Waals surface area contributed by atoms with Crippen molar-refractivity contribution in [3.8, 4) is 5.75 Å². The van der Waals surface area contributed by atoms with Crippen LogP contribution in [0.3, 0.4) is 0 Å². The van der Waals surface area contributed by atoms with Crippen molar-refractivity contribution in [1.29, 1.82) is 0 Å². The summed E-state index contributed by atoms with van der Waals surface area (Å²) in [5.41, 5.74) is 6.86. The first kappa shape index (κ1) is 16.5. The number of benzene rings is 1. The van der Waals surface area contributed by atoms with E-state index in [1.54, 1.807) is 18.2 Å². The zero-order valence-electron chi connectivity index (χ0n) is 11.8. The SMILES string of the molecule is CCOc1ccc(NC(=O)C(C)S(C)(=O)=O)cc1CN. The third kappa shape index (κ3) is 4.21. The summed E-state index contributed by atoms with van der Waals surface area (Å²) in [5.74, 6) is 0.0868. The minimum atomic E-state index is -3.42. The standard InChI is InChI=1S/C13H20N2O4S/c1-4-19-12-6-5-11(7-10(12)8-14)15-13(16)9(2)20(3,17)18/h5-7,9H,4,8,14H2,1-3H3,(H,15,16). The molecular weight excluding hydrogens is 280 g/mol. The Balaban J connectivity index is 2.91. The van der Waals surface area contributed by atoms with Crippen LogP contribution in [0.4, 0.5) is 5.69 Å². The Morgan fingerprint density at radius 1 is 1.45 bits per heavy atom. The highest BCUT2D eigenvalue weighted by molar-refractivity contribution is 7.92. The van der Waals surface area contributed by atoms with Crippen molar-refractivity contribution in [2.24, 2.45) is 5.73 Å². The van der Waals surface area contributed by atoms with Crippen molar-refractivity contribution < 1.29 is 17.9 Å². The van der Waals surface area contributed by atoms with Gasteiger partial charge in [0.05, 0.1) is 6.61 Å². The second kappa shape index (κ2) is 6.71. The van der Waals surface area contributed by atoms with Gasteiger partial charge in [0.2, 0.25) is 5.91 Å². The molecular formula is C13H20N2O4S. The molecule has 0 fully saturated rings. The second-order valence-corrected chi connectivity index (χ2v) is 6.79. The highest BCUT2D eigenvalue weighted by Gasteiger charge is 2.23. The van der Waals surface area contributed by atoms with E-state index in [0.29, 0.717) is 18.0 Å². The van der Waals surface area contributed by atoms with E-state index in [-0.39, 0.29) is 6.54 Å². The molecule has 3 N–H and O–H groups in total. The van der Waals surface area contributed by atoms with Gasteiger partial charge in [-0.2, -0.15) is 0 Å². The van der Waals surface area contributed by atoms with Crippen LogP contribution in [0.15, 0.2) is 18.2 Å². The summed E-state index contributed by atoms with van der Waals surface area (Å²) in [6.45, 7) is 4.00. The van der Waals surface area contributed by atoms with Crippen molar-refractivity contribution in [2.75, 3.05) is 18.2 Å². The molecule has 0 aromatic heterocycles. The predicted octanol–water partition coefficient (Wildman–Crippen LogP) is 0.916. The average molecular weight is 300 g/mol. The summed E-state index contributed by atoms with van der Waals surface area (Å²) in [4.78, 5) is 11.8. The maximum absolute atomic E-state index is 11.8. The van der Waals surface area contributed by atoms with Gasteiger partial charge in [-0.05, 0) is 32.0 Å². The molecule has 0 aliphatic heterocycles. The summed E-state index contributed by atoms with van der Waals surface area (Å²) < 4.78 is 28.0. The molecule has 112 valence electrons. The number of carbonyl (C=O) groups is 1. The van der Waals surface area contributed by atoms with E-state index in [0.717, 1.165) is 11.8 Å². The molecule has 1 unspecified atom stereocenters. The van der Waals surface area contributed by atoms with Crippen molar-refractivity contribution in [3.63, 3.8) is 0 Å². The zero-order valence-corrected chi connectivity index (χ0v) is 12.7. The normalized spacial score (nSPS) is 12.8. The van der Waals surface area contributed by atoms with E-state index in [1.165, 1.54) is 6.92 Å². The lowest BCUT2D eigenvalue weighted by atomic mass is 10.1. The smallest absolute Gasteiger partial charge is 0.242 e. The van der Waals surface area contributed by atoms with Crippen molar-refractivity contribution in [1.82, 2.24) is 0 Å². The van der Waals surface area contributed by atoms with Crippen LogP contribution in [0.1, 0.15) is 19.4 Å². The molecule has 1 aromatic carbocycles. The Bertz CT molecular complexity index is 584. The Kier molecular flexibility index (Phi) is 5.52. The fourth-order valence-electron chi connectivity index (χ4n) is 1.55. The molecule has 0 bridgehead atoms. The molecule has 0 radical (unpaired) electrons. The summed E-state index contributed by atoms with van der Waals surface area (Å²) in [5, 5.41) is 1.46. The van der Waals surface area contributed by atoms with Crippen LogP contribution in [0.2, 0.25) is 0 Å². The predicted molar refractivity (Wildman–Crippen MR) is 78.4 cm³/mol. The summed E-state index contributed by atoms with van der Waals surface area (Å²) >= 11 is 0. The van der Waals surface area contributed by atoms with Gasteiger partial charge < -0.3 is 15.8 Å². The Labute approximate surface area is 119 Å². The van der Waals surface area contributed by atoms with E-state index in [2.05, 4.69) is 5.32 Å². The maximum Gasteiger partial charge on any atom is 0.242 e. The maximum atomic E-state index is 11.8. The molecule has 0 saturated carbocycles. The molecule has 1 aromatic rings. The molecule has 0 saturated heterocycles. The summed E-state index contributed by atoms with van der Waals surface area (Å²) in [7, 11) is -3.42. The number of hydrogen-bond donors (Lipinski definition) is 2. The molecule has 20 heavy (non-hydrogen) atoms. The minimum absolute atomic E-state index is 0.265. The quantitative estimate of drug-likeness (QED) is 0.814. The average Bonchev–Trinajstić information content (AvgIpc) is 2.38. The van der Waals surface area contributed by atoms with Crippen LogP contribution in [0.5, 0.6) is 5.75 Å². The molecule has 1 amide bonds. The lowest BCUT2D eigenvalue weighted by molar-refractivity contribution is -0.115. The number of carbonyl (C=O) groups excluding carboxylic acids is 1. The van der Waals surface area contributed by atoms with Gasteiger partial charge in [-0.1, -0.05) is 0 Å². The molecule has 0 heterocycles. The summed E-state index contributed by atoms with van der Waals surface area (Å²) in [6, 6.07) is 5.03. The Morgan fingerprint density at radius 3 is 2.60 bits per heavy atom. The third-order valence-electron chi connectivity index (χ3n) is 2.86. The van der Waals surface area contributed by atoms with E-state index < -0.39 is 21.0 Å². The van der Waals surface area contributed by atoms with Gasteiger partial charge in [0, 0.05) is 24.1 Å². The highest BCUT2D eigenvalue weighted by Crippen LogP contribution is 2.22. The van der Waals surface area contributed by atoms with Crippen molar-refractivity contribution in [3.05, 3.63) is 23.8 Å². The molecule has 6 nitrogen and oxygen atoms in total. The van der Waals surface area contributed by atoms with Crippen LogP contribution in [-0.2, 0) is 21.2 Å². The number of hydrogen-bond acceptors (Lipinski definition) is 5. The molecule has 1 atom stereocenters. The van der Waals surface area contributed by atoms with Crippen LogP contribution in [0.25, 0.3) is 0 Å². The van der Waals surface area contributed by atoms with Gasteiger partial charge in [-0.3, -0.25) is 4.79 Å². The number of rotatable bonds is 6. The van der Waals surface area contributed by atoms with Crippen LogP contribution >= 0.6 is 0 Å². The van der Waals surface area contributed by atoms with Crippen molar-refractivity contribution >= 4 is 21.4 Å². The van der Waals surface area contributed by atoms with Crippen LogP contribution < -0.4 is 15.8 Å². The topological polar surface area (TPSA) is 98.5 Å². The van der Waals surface area contributed by atoms with Gasteiger partial charge in [-0.15, -0.1) is 0 Å².